The smallest absolute Gasteiger partial charge is 0.319 e. The fraction of sp³-hybridized carbons (Fsp3) is 0.235. The van der Waals surface area contributed by atoms with Gasteiger partial charge >= 0.3 is 6.03 Å². The van der Waals surface area contributed by atoms with Crippen LogP contribution in [0.5, 0.6) is 0 Å². The third kappa shape index (κ3) is 5.36. The first-order chi connectivity index (χ1) is 11.4. The maximum atomic E-state index is 12.1. The molecule has 0 saturated heterocycles. The number of urea groups is 1. The van der Waals surface area contributed by atoms with E-state index in [1.807, 2.05) is 13.8 Å². The first kappa shape index (κ1) is 18.0. The Kier molecular flexibility index (Phi) is 5.94. The quantitative estimate of drug-likeness (QED) is 0.751. The number of rotatable bonds is 6. The molecule has 0 aromatic heterocycles. The molecule has 0 bridgehead atoms. The fourth-order valence-electron chi connectivity index (χ4n) is 2.00. The van der Waals surface area contributed by atoms with E-state index in [1.165, 1.54) is 0 Å². The number of amides is 2. The lowest BCUT2D eigenvalue weighted by Crippen LogP contribution is -2.34. The molecule has 24 heavy (non-hydrogen) atoms. The summed E-state index contributed by atoms with van der Waals surface area (Å²) in [6.07, 6.45) is 0. The number of sulfonamides is 1. The third-order valence-electron chi connectivity index (χ3n) is 3.15. The van der Waals surface area contributed by atoms with E-state index in [9.17, 15) is 13.2 Å². The average Bonchev–Trinajstić information content (AvgIpc) is 2.54. The SMILES string of the molecule is CC(C)NC(=O)Nc1ccc(CNS(=O)(=O)c2ccccc2)cc1. The second-order valence-corrected chi connectivity index (χ2v) is 7.35. The molecule has 6 nitrogen and oxygen atoms in total. The highest BCUT2D eigenvalue weighted by Crippen LogP contribution is 2.12. The minimum atomic E-state index is -3.53. The molecule has 0 saturated carbocycles. The van der Waals surface area contributed by atoms with Crippen molar-refractivity contribution < 1.29 is 13.2 Å². The molecule has 2 rings (SSSR count). The summed E-state index contributed by atoms with van der Waals surface area (Å²) in [5, 5.41) is 5.44. The summed E-state index contributed by atoms with van der Waals surface area (Å²) in [4.78, 5) is 11.8. The molecule has 7 heteroatoms. The topological polar surface area (TPSA) is 87.3 Å². The summed E-state index contributed by atoms with van der Waals surface area (Å²) in [5.74, 6) is 0. The van der Waals surface area contributed by atoms with Gasteiger partial charge in [0.05, 0.1) is 4.90 Å². The molecule has 2 amide bonds. The number of anilines is 1. The third-order valence-corrected chi connectivity index (χ3v) is 4.57. The van der Waals surface area contributed by atoms with Gasteiger partial charge in [0.15, 0.2) is 0 Å². The number of nitrogens with one attached hydrogen (secondary N) is 3. The van der Waals surface area contributed by atoms with E-state index in [-0.39, 0.29) is 23.5 Å². The van der Waals surface area contributed by atoms with Gasteiger partial charge in [-0.3, -0.25) is 0 Å². The standard InChI is InChI=1S/C17H21N3O3S/c1-13(2)19-17(21)20-15-10-8-14(9-11-15)12-18-24(22,23)16-6-4-3-5-7-16/h3-11,13,18H,12H2,1-2H3,(H2,19,20,21). The van der Waals surface area contributed by atoms with Crippen molar-refractivity contribution in [2.75, 3.05) is 5.32 Å². The molecular weight excluding hydrogens is 326 g/mol. The van der Waals surface area contributed by atoms with Crippen molar-refractivity contribution in [3.05, 3.63) is 60.2 Å². The molecular formula is C17H21N3O3S. The molecule has 0 fully saturated rings. The Morgan fingerprint density at radius 2 is 1.62 bits per heavy atom. The summed E-state index contributed by atoms with van der Waals surface area (Å²) in [7, 11) is -3.53. The summed E-state index contributed by atoms with van der Waals surface area (Å²) >= 11 is 0. The van der Waals surface area contributed by atoms with E-state index in [0.29, 0.717) is 5.69 Å². The molecule has 2 aromatic carbocycles. The van der Waals surface area contributed by atoms with Crippen molar-refractivity contribution in [2.45, 2.75) is 31.3 Å². The van der Waals surface area contributed by atoms with Crippen LogP contribution >= 0.6 is 0 Å². The largest absolute Gasteiger partial charge is 0.336 e. The summed E-state index contributed by atoms with van der Waals surface area (Å²) in [6, 6.07) is 15.0. The van der Waals surface area contributed by atoms with E-state index >= 15 is 0 Å². The zero-order chi connectivity index (χ0) is 17.6. The van der Waals surface area contributed by atoms with Crippen LogP contribution in [0, 0.1) is 0 Å². The van der Waals surface area contributed by atoms with Crippen LogP contribution in [0.4, 0.5) is 10.5 Å². The number of carbonyl (C=O) groups excluding carboxylic acids is 1. The Balaban J connectivity index is 1.94. The average molecular weight is 347 g/mol. The van der Waals surface area contributed by atoms with Crippen LogP contribution in [0.25, 0.3) is 0 Å². The van der Waals surface area contributed by atoms with Crippen molar-refractivity contribution >= 4 is 21.7 Å². The van der Waals surface area contributed by atoms with E-state index in [4.69, 9.17) is 0 Å². The van der Waals surface area contributed by atoms with Gasteiger partial charge in [0.25, 0.3) is 0 Å². The Labute approximate surface area is 142 Å². The van der Waals surface area contributed by atoms with Gasteiger partial charge in [0, 0.05) is 18.3 Å². The Bertz CT molecular complexity index is 772. The molecule has 2 aromatic rings. The lowest BCUT2D eigenvalue weighted by molar-refractivity contribution is 0.250. The zero-order valence-corrected chi connectivity index (χ0v) is 14.4. The number of hydrogen-bond donors (Lipinski definition) is 3. The highest BCUT2D eigenvalue weighted by Gasteiger charge is 2.12. The molecule has 0 spiro atoms. The molecule has 128 valence electrons. The summed E-state index contributed by atoms with van der Waals surface area (Å²) in [5.41, 5.74) is 1.44. The number of hydrogen-bond acceptors (Lipinski definition) is 3. The number of benzene rings is 2. The molecule has 3 N–H and O–H groups in total. The van der Waals surface area contributed by atoms with Gasteiger partial charge in [-0.1, -0.05) is 30.3 Å². The first-order valence-electron chi connectivity index (χ1n) is 7.58. The van der Waals surface area contributed by atoms with Crippen molar-refractivity contribution in [1.82, 2.24) is 10.0 Å². The second-order valence-electron chi connectivity index (χ2n) is 5.59. The monoisotopic (exact) mass is 347 g/mol. The lowest BCUT2D eigenvalue weighted by Gasteiger charge is -2.11. The van der Waals surface area contributed by atoms with E-state index < -0.39 is 10.0 Å². The predicted molar refractivity (Wildman–Crippen MR) is 94.2 cm³/mol. The van der Waals surface area contributed by atoms with Crippen molar-refractivity contribution in [1.29, 1.82) is 0 Å². The molecule has 0 atom stereocenters. The van der Waals surface area contributed by atoms with Crippen LogP contribution < -0.4 is 15.4 Å². The van der Waals surface area contributed by atoms with Crippen LogP contribution in [0.1, 0.15) is 19.4 Å². The summed E-state index contributed by atoms with van der Waals surface area (Å²) < 4.78 is 26.8. The number of carbonyl (C=O) groups is 1. The van der Waals surface area contributed by atoms with Crippen LogP contribution in [0.3, 0.4) is 0 Å². The maximum Gasteiger partial charge on any atom is 0.319 e. The van der Waals surface area contributed by atoms with Gasteiger partial charge < -0.3 is 10.6 Å². The normalized spacial score (nSPS) is 11.3. The lowest BCUT2D eigenvalue weighted by atomic mass is 10.2. The molecule has 0 heterocycles. The molecule has 0 aliphatic heterocycles. The zero-order valence-electron chi connectivity index (χ0n) is 13.6. The van der Waals surface area contributed by atoms with Gasteiger partial charge in [-0.15, -0.1) is 0 Å². The maximum absolute atomic E-state index is 12.1. The molecule has 0 aliphatic carbocycles. The van der Waals surface area contributed by atoms with E-state index in [0.717, 1.165) is 5.56 Å². The van der Waals surface area contributed by atoms with Crippen molar-refractivity contribution in [2.24, 2.45) is 0 Å². The van der Waals surface area contributed by atoms with Gasteiger partial charge in [-0.25, -0.2) is 17.9 Å². The van der Waals surface area contributed by atoms with Gasteiger partial charge in [0.2, 0.25) is 10.0 Å². The van der Waals surface area contributed by atoms with Crippen LogP contribution in [0.2, 0.25) is 0 Å². The molecule has 0 unspecified atom stereocenters. The Morgan fingerprint density at radius 3 is 2.21 bits per heavy atom. The highest BCUT2D eigenvalue weighted by atomic mass is 32.2. The molecule has 0 aliphatic rings. The minimum Gasteiger partial charge on any atom is -0.336 e. The first-order valence-corrected chi connectivity index (χ1v) is 9.06. The summed E-state index contributed by atoms with van der Waals surface area (Å²) in [6.45, 7) is 3.93. The fourth-order valence-corrected chi connectivity index (χ4v) is 3.04. The van der Waals surface area contributed by atoms with Crippen LogP contribution in [0.15, 0.2) is 59.5 Å². The van der Waals surface area contributed by atoms with Crippen LogP contribution in [-0.4, -0.2) is 20.5 Å². The second kappa shape index (κ2) is 7.94. The highest BCUT2D eigenvalue weighted by molar-refractivity contribution is 7.89. The minimum absolute atomic E-state index is 0.0525. The van der Waals surface area contributed by atoms with Crippen molar-refractivity contribution in [3.8, 4) is 0 Å². The van der Waals surface area contributed by atoms with E-state index in [2.05, 4.69) is 15.4 Å². The van der Waals surface area contributed by atoms with Crippen LogP contribution in [-0.2, 0) is 16.6 Å². The predicted octanol–water partition coefficient (Wildman–Crippen LogP) is 2.70. The van der Waals surface area contributed by atoms with E-state index in [1.54, 1.807) is 54.6 Å². The molecule has 0 radical (unpaired) electrons. The Hall–Kier alpha value is -2.38. The Morgan fingerprint density at radius 1 is 1.00 bits per heavy atom. The van der Waals surface area contributed by atoms with Crippen molar-refractivity contribution in [3.63, 3.8) is 0 Å². The van der Waals surface area contributed by atoms with Gasteiger partial charge in [-0.05, 0) is 43.7 Å². The van der Waals surface area contributed by atoms with Gasteiger partial charge in [0.1, 0.15) is 0 Å². The van der Waals surface area contributed by atoms with Gasteiger partial charge in [-0.2, -0.15) is 0 Å².